The van der Waals surface area contributed by atoms with Gasteiger partial charge in [0.1, 0.15) is 42.1 Å². The van der Waals surface area contributed by atoms with Crippen LogP contribution in [0.15, 0.2) is 102 Å². The van der Waals surface area contributed by atoms with Crippen molar-refractivity contribution in [3.8, 4) is 28.8 Å². The quantitative estimate of drug-likeness (QED) is 0.0875. The van der Waals surface area contributed by atoms with E-state index in [4.69, 9.17) is 19.3 Å². The van der Waals surface area contributed by atoms with E-state index in [1.807, 2.05) is 42.5 Å². The highest BCUT2D eigenvalue weighted by Gasteiger charge is 2.35. The fourth-order valence-corrected chi connectivity index (χ4v) is 4.93. The molecular formula is C36H31FN4O6. The first-order chi connectivity index (χ1) is 22.8. The third kappa shape index (κ3) is 7.69. The Bertz CT molecular complexity index is 1910. The largest absolute Gasteiger partial charge is 0.489 e. The number of nitriles is 1. The van der Waals surface area contributed by atoms with Gasteiger partial charge in [0.25, 0.3) is 11.8 Å². The van der Waals surface area contributed by atoms with E-state index in [1.54, 1.807) is 60.3 Å². The van der Waals surface area contributed by atoms with Crippen molar-refractivity contribution in [3.63, 3.8) is 0 Å². The molecule has 0 atom stereocenters. The third-order valence-electron chi connectivity index (χ3n) is 7.34. The maximum atomic E-state index is 14.2. The molecule has 0 spiro atoms. The highest BCUT2D eigenvalue weighted by Crippen LogP contribution is 2.32. The number of rotatable bonds is 12. The van der Waals surface area contributed by atoms with Gasteiger partial charge < -0.3 is 14.2 Å². The fourth-order valence-electron chi connectivity index (χ4n) is 4.93. The summed E-state index contributed by atoms with van der Waals surface area (Å²) in [7, 11) is 0. The summed E-state index contributed by atoms with van der Waals surface area (Å²) in [4.78, 5) is 38.8. The molecule has 0 fully saturated rings. The maximum Gasteiger partial charge on any atom is 0.302 e. The third-order valence-corrected chi connectivity index (χ3v) is 7.34. The Kier molecular flexibility index (Phi) is 10.3. The van der Waals surface area contributed by atoms with Crippen LogP contribution in [0.25, 0.3) is 23.0 Å². The number of benzene rings is 3. The number of carbonyl (C=O) groups excluding carboxylic acids is 3. The molecule has 5 rings (SSSR count). The minimum absolute atomic E-state index is 0.0133. The summed E-state index contributed by atoms with van der Waals surface area (Å²) in [6.45, 7) is 2.87. The molecule has 1 aliphatic heterocycles. The van der Waals surface area contributed by atoms with Gasteiger partial charge in [0.15, 0.2) is 0 Å². The predicted molar refractivity (Wildman–Crippen MR) is 170 cm³/mol. The number of imide groups is 1. The lowest BCUT2D eigenvalue weighted by Crippen LogP contribution is -2.44. The molecule has 0 saturated heterocycles. The summed E-state index contributed by atoms with van der Waals surface area (Å²) in [6, 6.07) is 24.9. The zero-order chi connectivity index (χ0) is 33.3. The lowest BCUT2D eigenvalue weighted by molar-refractivity contribution is -0.142. The van der Waals surface area contributed by atoms with Crippen LogP contribution in [-0.2, 0) is 30.5 Å². The van der Waals surface area contributed by atoms with E-state index in [0.29, 0.717) is 28.1 Å². The summed E-state index contributed by atoms with van der Waals surface area (Å²) in [6.07, 6.45) is 3.38. The van der Waals surface area contributed by atoms with E-state index in [2.05, 4.69) is 0 Å². The standard InChI is InChI=1S/C36H31FN4O6/c1-24-31(35(43)40(36(44)32(24)21-38)15-16-45-17-18-46-25(2)42)20-28-22-41(29-11-4-3-5-12-29)39-34(28)26-10-8-13-30(19-26)47-23-27-9-6-7-14-33(27)37/h3-14,19-20,22H,15-18,23H2,1-2H3/b31-20+. The number of amides is 2. The van der Waals surface area contributed by atoms with E-state index in [1.165, 1.54) is 13.0 Å². The van der Waals surface area contributed by atoms with Crippen LogP contribution in [0, 0.1) is 17.1 Å². The molecule has 0 radical (unpaired) electrons. The Labute approximate surface area is 270 Å². The van der Waals surface area contributed by atoms with Crippen LogP contribution < -0.4 is 4.74 Å². The molecule has 0 bridgehead atoms. The van der Waals surface area contributed by atoms with Crippen molar-refractivity contribution in [2.45, 2.75) is 20.5 Å². The zero-order valence-corrected chi connectivity index (χ0v) is 25.8. The second-order valence-corrected chi connectivity index (χ2v) is 10.5. The average molecular weight is 635 g/mol. The van der Waals surface area contributed by atoms with E-state index in [-0.39, 0.29) is 55.5 Å². The van der Waals surface area contributed by atoms with Gasteiger partial charge in [-0.15, -0.1) is 0 Å². The highest BCUT2D eigenvalue weighted by molar-refractivity contribution is 6.19. The summed E-state index contributed by atoms with van der Waals surface area (Å²) < 4.78 is 32.0. The Morgan fingerprint density at radius 1 is 0.979 bits per heavy atom. The molecular weight excluding hydrogens is 603 g/mol. The van der Waals surface area contributed by atoms with Gasteiger partial charge in [-0.1, -0.05) is 48.5 Å². The SMILES string of the molecule is CC(=O)OCCOCCN1C(=O)C(C#N)=C(C)/C(=C\c2cn(-c3ccccc3)nc2-c2cccc(OCc3ccccc3F)c2)C1=O. The van der Waals surface area contributed by atoms with E-state index in [9.17, 15) is 24.0 Å². The molecule has 0 saturated carbocycles. The number of esters is 1. The van der Waals surface area contributed by atoms with Crippen molar-refractivity contribution >= 4 is 23.9 Å². The molecule has 0 aliphatic carbocycles. The van der Waals surface area contributed by atoms with Crippen LogP contribution in [0.2, 0.25) is 0 Å². The first kappa shape index (κ1) is 32.5. The van der Waals surface area contributed by atoms with Gasteiger partial charge in [-0.25, -0.2) is 9.07 Å². The van der Waals surface area contributed by atoms with E-state index in [0.717, 1.165) is 10.6 Å². The van der Waals surface area contributed by atoms with Crippen molar-refractivity contribution in [2.24, 2.45) is 0 Å². The molecule has 1 aromatic heterocycles. The zero-order valence-electron chi connectivity index (χ0n) is 25.8. The molecule has 4 aromatic rings. The fraction of sp³-hybridized carbons (Fsp3) is 0.194. The number of para-hydroxylation sites is 1. The lowest BCUT2D eigenvalue weighted by atomic mass is 9.93. The van der Waals surface area contributed by atoms with Crippen LogP contribution in [0.3, 0.4) is 0 Å². The molecule has 3 aromatic carbocycles. The molecule has 11 heteroatoms. The number of halogens is 1. The molecule has 0 unspecified atom stereocenters. The van der Waals surface area contributed by atoms with Crippen molar-refractivity contribution in [1.29, 1.82) is 5.26 Å². The number of aromatic nitrogens is 2. The van der Waals surface area contributed by atoms with Crippen LogP contribution in [0.5, 0.6) is 5.75 Å². The molecule has 1 aliphatic rings. The first-order valence-electron chi connectivity index (χ1n) is 14.8. The van der Waals surface area contributed by atoms with Gasteiger partial charge in [0, 0.05) is 35.4 Å². The average Bonchev–Trinajstić information content (AvgIpc) is 3.50. The van der Waals surface area contributed by atoms with Crippen LogP contribution in [0.1, 0.15) is 25.0 Å². The number of nitrogens with zero attached hydrogens (tertiary/aromatic N) is 4. The molecule has 47 heavy (non-hydrogen) atoms. The summed E-state index contributed by atoms with van der Waals surface area (Å²) in [5.74, 6) is -1.62. The Balaban J connectivity index is 1.49. The normalized spacial score (nSPS) is 14.0. The number of hydrogen-bond acceptors (Lipinski definition) is 8. The minimum Gasteiger partial charge on any atom is -0.489 e. The second kappa shape index (κ2) is 14.9. The van der Waals surface area contributed by atoms with Crippen LogP contribution in [-0.4, -0.2) is 58.8 Å². The van der Waals surface area contributed by atoms with Gasteiger partial charge in [-0.3, -0.25) is 19.3 Å². The van der Waals surface area contributed by atoms with Crippen molar-refractivity contribution in [2.75, 3.05) is 26.4 Å². The topological polar surface area (TPSA) is 124 Å². The first-order valence-corrected chi connectivity index (χ1v) is 14.8. The minimum atomic E-state index is -0.712. The summed E-state index contributed by atoms with van der Waals surface area (Å²) in [5, 5.41) is 14.7. The van der Waals surface area contributed by atoms with Crippen LogP contribution in [0.4, 0.5) is 4.39 Å². The number of ether oxygens (including phenoxy) is 3. The van der Waals surface area contributed by atoms with Gasteiger partial charge in [0.05, 0.1) is 25.4 Å². The Hall–Kier alpha value is -5.86. The maximum absolute atomic E-state index is 14.2. The second-order valence-electron chi connectivity index (χ2n) is 10.5. The molecule has 10 nitrogen and oxygen atoms in total. The summed E-state index contributed by atoms with van der Waals surface area (Å²) >= 11 is 0. The van der Waals surface area contributed by atoms with Crippen molar-refractivity contribution in [1.82, 2.24) is 14.7 Å². The lowest BCUT2D eigenvalue weighted by Gasteiger charge is -2.27. The number of hydrogen-bond donors (Lipinski definition) is 0. The van der Waals surface area contributed by atoms with Crippen molar-refractivity contribution < 1.29 is 33.0 Å². The molecule has 238 valence electrons. The van der Waals surface area contributed by atoms with E-state index < -0.39 is 17.8 Å². The van der Waals surface area contributed by atoms with Crippen molar-refractivity contribution in [3.05, 3.63) is 119 Å². The summed E-state index contributed by atoms with van der Waals surface area (Å²) in [5.41, 5.74) is 3.15. The molecule has 2 amide bonds. The van der Waals surface area contributed by atoms with Gasteiger partial charge in [0.2, 0.25) is 0 Å². The van der Waals surface area contributed by atoms with Gasteiger partial charge in [-0.2, -0.15) is 10.4 Å². The van der Waals surface area contributed by atoms with Crippen LogP contribution >= 0.6 is 0 Å². The highest BCUT2D eigenvalue weighted by atomic mass is 19.1. The number of carbonyl (C=O) groups is 3. The molecule has 0 N–H and O–H groups in total. The Morgan fingerprint density at radius 3 is 2.49 bits per heavy atom. The predicted octanol–water partition coefficient (Wildman–Crippen LogP) is 5.43. The molecule has 2 heterocycles. The van der Waals surface area contributed by atoms with Gasteiger partial charge in [-0.05, 0) is 48.9 Å². The van der Waals surface area contributed by atoms with Gasteiger partial charge >= 0.3 is 5.97 Å². The monoisotopic (exact) mass is 634 g/mol. The Morgan fingerprint density at radius 2 is 1.74 bits per heavy atom. The van der Waals surface area contributed by atoms with E-state index >= 15 is 0 Å². The smallest absolute Gasteiger partial charge is 0.302 e.